The van der Waals surface area contributed by atoms with E-state index in [-0.39, 0.29) is 0 Å². The van der Waals surface area contributed by atoms with Crippen molar-refractivity contribution >= 4 is 0 Å². The molecule has 2 bridgehead atoms. The molecule has 2 saturated carbocycles. The normalized spacial score (nSPS) is 53.3. The van der Waals surface area contributed by atoms with Gasteiger partial charge in [-0.2, -0.15) is 5.26 Å². The van der Waals surface area contributed by atoms with Gasteiger partial charge in [0.25, 0.3) is 0 Å². The first-order valence-electron chi connectivity index (χ1n) is 5.92. The Hall–Kier alpha value is -0.590. The van der Waals surface area contributed by atoms with Crippen LogP contribution in [0, 0.1) is 28.6 Å². The van der Waals surface area contributed by atoms with Crippen LogP contribution >= 0.6 is 0 Å². The average molecular weight is 207 g/mol. The third kappa shape index (κ3) is 1.07. The molecule has 1 heterocycles. The van der Waals surface area contributed by atoms with E-state index in [0.29, 0.717) is 31.5 Å². The lowest BCUT2D eigenvalue weighted by molar-refractivity contribution is -0.0981. The lowest BCUT2D eigenvalue weighted by Gasteiger charge is -2.42. The Balaban J connectivity index is 1.95. The zero-order valence-electron chi connectivity index (χ0n) is 8.91. The van der Waals surface area contributed by atoms with E-state index in [2.05, 4.69) is 6.07 Å². The molecule has 2 aliphatic carbocycles. The Morgan fingerprint density at radius 1 is 1.40 bits per heavy atom. The Labute approximate surface area is 90.0 Å². The zero-order chi connectivity index (χ0) is 10.5. The average Bonchev–Trinajstić information content (AvgIpc) is 2.92. The third-order valence-corrected chi connectivity index (χ3v) is 4.88. The second-order valence-corrected chi connectivity index (χ2v) is 5.50. The van der Waals surface area contributed by atoms with Gasteiger partial charge in [-0.1, -0.05) is 0 Å². The first-order chi connectivity index (χ1) is 7.20. The highest BCUT2D eigenvalue weighted by atomic mass is 16.5. The topological polar surface area (TPSA) is 53.2 Å². The van der Waals surface area contributed by atoms with Crippen LogP contribution in [0.3, 0.4) is 0 Å². The van der Waals surface area contributed by atoms with Gasteiger partial charge in [0.1, 0.15) is 5.41 Å². The molecular formula is C12H17NO2. The molecule has 1 saturated heterocycles. The van der Waals surface area contributed by atoms with Gasteiger partial charge in [-0.05, 0) is 43.9 Å². The molecule has 4 atom stereocenters. The van der Waals surface area contributed by atoms with Gasteiger partial charge in [0, 0.05) is 6.61 Å². The predicted molar refractivity (Wildman–Crippen MR) is 53.9 cm³/mol. The highest BCUT2D eigenvalue weighted by Gasteiger charge is 2.62. The van der Waals surface area contributed by atoms with Crippen LogP contribution in [0.15, 0.2) is 0 Å². The molecule has 0 aromatic carbocycles. The summed E-state index contributed by atoms with van der Waals surface area (Å²) in [6.45, 7) is 1.07. The summed E-state index contributed by atoms with van der Waals surface area (Å²) in [6.07, 6.45) is 5.01. The molecule has 3 heteroatoms. The first kappa shape index (κ1) is 9.62. The third-order valence-electron chi connectivity index (χ3n) is 4.88. The SMILES string of the molecule is N#CC1(C2(O)CC3CCC2C3)CCOC1. The van der Waals surface area contributed by atoms with Gasteiger partial charge in [0.15, 0.2) is 0 Å². The van der Waals surface area contributed by atoms with Crippen molar-refractivity contribution in [3.8, 4) is 6.07 Å². The molecular weight excluding hydrogens is 190 g/mol. The van der Waals surface area contributed by atoms with Crippen LogP contribution in [0.2, 0.25) is 0 Å². The van der Waals surface area contributed by atoms with Crippen molar-refractivity contribution in [2.75, 3.05) is 13.2 Å². The number of hydrogen-bond acceptors (Lipinski definition) is 3. The molecule has 3 nitrogen and oxygen atoms in total. The molecule has 0 aromatic rings. The van der Waals surface area contributed by atoms with Crippen molar-refractivity contribution in [3.05, 3.63) is 0 Å². The van der Waals surface area contributed by atoms with Gasteiger partial charge in [0.2, 0.25) is 0 Å². The molecule has 1 aliphatic heterocycles. The molecule has 82 valence electrons. The fraction of sp³-hybridized carbons (Fsp3) is 0.917. The van der Waals surface area contributed by atoms with Crippen molar-refractivity contribution < 1.29 is 9.84 Å². The fourth-order valence-electron chi connectivity index (χ4n) is 3.98. The minimum absolute atomic E-state index is 0.351. The van der Waals surface area contributed by atoms with E-state index in [0.717, 1.165) is 19.3 Å². The summed E-state index contributed by atoms with van der Waals surface area (Å²) in [5, 5.41) is 20.2. The Morgan fingerprint density at radius 3 is 2.73 bits per heavy atom. The zero-order valence-corrected chi connectivity index (χ0v) is 8.91. The maximum atomic E-state index is 10.8. The lowest BCUT2D eigenvalue weighted by Crippen LogP contribution is -2.51. The van der Waals surface area contributed by atoms with Crippen LogP contribution in [0.5, 0.6) is 0 Å². The Morgan fingerprint density at radius 2 is 2.27 bits per heavy atom. The van der Waals surface area contributed by atoms with Gasteiger partial charge in [-0.25, -0.2) is 0 Å². The molecule has 3 aliphatic rings. The minimum atomic E-state index is -0.749. The van der Waals surface area contributed by atoms with Gasteiger partial charge in [-0.3, -0.25) is 0 Å². The molecule has 0 spiro atoms. The van der Waals surface area contributed by atoms with Gasteiger partial charge >= 0.3 is 0 Å². The van der Waals surface area contributed by atoms with E-state index in [4.69, 9.17) is 4.74 Å². The van der Waals surface area contributed by atoms with Crippen molar-refractivity contribution in [1.82, 2.24) is 0 Å². The van der Waals surface area contributed by atoms with E-state index >= 15 is 0 Å². The monoisotopic (exact) mass is 207 g/mol. The minimum Gasteiger partial charge on any atom is -0.388 e. The maximum Gasteiger partial charge on any atom is 0.112 e. The number of nitrogens with zero attached hydrogens (tertiary/aromatic N) is 1. The second kappa shape index (κ2) is 2.96. The van der Waals surface area contributed by atoms with Crippen molar-refractivity contribution in [1.29, 1.82) is 5.26 Å². The molecule has 1 N–H and O–H groups in total. The molecule has 15 heavy (non-hydrogen) atoms. The van der Waals surface area contributed by atoms with Crippen LogP contribution in [-0.2, 0) is 4.74 Å². The smallest absolute Gasteiger partial charge is 0.112 e. The van der Waals surface area contributed by atoms with Crippen LogP contribution in [0.1, 0.15) is 32.1 Å². The summed E-state index contributed by atoms with van der Waals surface area (Å²) in [4.78, 5) is 0. The highest BCUT2D eigenvalue weighted by molar-refractivity contribution is 5.19. The Bertz CT molecular complexity index is 316. The largest absolute Gasteiger partial charge is 0.388 e. The first-order valence-corrected chi connectivity index (χ1v) is 5.92. The quantitative estimate of drug-likeness (QED) is 0.708. The van der Waals surface area contributed by atoms with Gasteiger partial charge < -0.3 is 9.84 Å². The summed E-state index contributed by atoms with van der Waals surface area (Å²) in [7, 11) is 0. The van der Waals surface area contributed by atoms with E-state index in [9.17, 15) is 10.4 Å². The number of ether oxygens (including phenoxy) is 1. The standard InChI is InChI=1S/C12H17NO2/c13-7-11(3-4-15-8-11)12(14)6-9-1-2-10(12)5-9/h9-10,14H,1-6,8H2. The van der Waals surface area contributed by atoms with Crippen LogP contribution < -0.4 is 0 Å². The summed E-state index contributed by atoms with van der Waals surface area (Å²) in [5.74, 6) is 1.01. The number of hydrogen-bond donors (Lipinski definition) is 1. The van der Waals surface area contributed by atoms with Crippen LogP contribution in [0.25, 0.3) is 0 Å². The highest BCUT2D eigenvalue weighted by Crippen LogP contribution is 2.59. The predicted octanol–water partition coefficient (Wildman–Crippen LogP) is 1.47. The number of fused-ring (bicyclic) bond motifs is 2. The van der Waals surface area contributed by atoms with E-state index in [1.165, 1.54) is 6.42 Å². The maximum absolute atomic E-state index is 10.8. The van der Waals surface area contributed by atoms with E-state index in [1.54, 1.807) is 0 Å². The van der Waals surface area contributed by atoms with E-state index in [1.807, 2.05) is 0 Å². The molecule has 0 radical (unpaired) electrons. The number of rotatable bonds is 1. The summed E-state index contributed by atoms with van der Waals surface area (Å²) < 4.78 is 5.35. The van der Waals surface area contributed by atoms with Gasteiger partial charge in [-0.15, -0.1) is 0 Å². The number of nitriles is 1. The Kier molecular flexibility index (Phi) is 1.90. The molecule has 0 aromatic heterocycles. The molecule has 0 amide bonds. The summed E-state index contributed by atoms with van der Waals surface area (Å²) in [5.41, 5.74) is -1.35. The summed E-state index contributed by atoms with van der Waals surface area (Å²) in [6, 6.07) is 2.37. The van der Waals surface area contributed by atoms with E-state index < -0.39 is 11.0 Å². The van der Waals surface area contributed by atoms with Crippen molar-refractivity contribution in [2.24, 2.45) is 17.3 Å². The number of aliphatic hydroxyl groups is 1. The lowest BCUT2D eigenvalue weighted by atomic mass is 9.64. The molecule has 3 rings (SSSR count). The van der Waals surface area contributed by atoms with Gasteiger partial charge in [0.05, 0.1) is 18.3 Å². The van der Waals surface area contributed by atoms with Crippen LogP contribution in [-0.4, -0.2) is 23.9 Å². The second-order valence-electron chi connectivity index (χ2n) is 5.50. The fourth-order valence-corrected chi connectivity index (χ4v) is 3.98. The van der Waals surface area contributed by atoms with Crippen molar-refractivity contribution in [2.45, 2.75) is 37.7 Å². The van der Waals surface area contributed by atoms with Crippen LogP contribution in [0.4, 0.5) is 0 Å². The summed E-state index contributed by atoms with van der Waals surface area (Å²) >= 11 is 0. The molecule has 4 unspecified atom stereocenters. The van der Waals surface area contributed by atoms with Crippen molar-refractivity contribution in [3.63, 3.8) is 0 Å². The molecule has 3 fully saturated rings.